The molecule has 0 amide bonds. The summed E-state index contributed by atoms with van der Waals surface area (Å²) in [6.45, 7) is 1.96. The number of aromatic hydroxyl groups is 2. The lowest BCUT2D eigenvalue weighted by Crippen LogP contribution is -2.06. The van der Waals surface area contributed by atoms with E-state index in [9.17, 15) is 10.2 Å². The van der Waals surface area contributed by atoms with Gasteiger partial charge in [-0.25, -0.2) is 0 Å². The number of hydrogen-bond donors (Lipinski definition) is 2. The lowest BCUT2D eigenvalue weighted by molar-refractivity contribution is 0.407. The van der Waals surface area contributed by atoms with Crippen molar-refractivity contribution >= 4 is 0 Å². The molecule has 2 heteroatoms. The minimum absolute atomic E-state index is 0.157. The van der Waals surface area contributed by atoms with Crippen LogP contribution in [0.15, 0.2) is 12.1 Å². The lowest BCUT2D eigenvalue weighted by atomic mass is 9.82. The van der Waals surface area contributed by atoms with Gasteiger partial charge in [0.2, 0.25) is 0 Å². The second-order valence-corrected chi connectivity index (χ2v) is 4.53. The number of phenolic OH excluding ortho intramolecular Hbond substituents is 2. The summed E-state index contributed by atoms with van der Waals surface area (Å²) in [6, 6.07) is 3.20. The van der Waals surface area contributed by atoms with E-state index in [0.29, 0.717) is 5.92 Å². The van der Waals surface area contributed by atoms with Crippen LogP contribution in [0.1, 0.15) is 49.1 Å². The van der Waals surface area contributed by atoms with Crippen molar-refractivity contribution < 1.29 is 10.2 Å². The van der Waals surface area contributed by atoms with Crippen molar-refractivity contribution in [2.45, 2.75) is 44.9 Å². The quantitative estimate of drug-likeness (QED) is 0.738. The molecule has 1 aliphatic carbocycles. The topological polar surface area (TPSA) is 40.5 Å². The predicted octanol–water partition coefficient (Wildman–Crippen LogP) is 3.45. The van der Waals surface area contributed by atoms with E-state index in [-0.39, 0.29) is 11.5 Å². The maximum atomic E-state index is 9.86. The van der Waals surface area contributed by atoms with Crippen molar-refractivity contribution in [3.8, 4) is 11.5 Å². The molecule has 0 saturated heterocycles. The van der Waals surface area contributed by atoms with Gasteiger partial charge in [0.05, 0.1) is 0 Å². The smallest absolute Gasteiger partial charge is 0.122 e. The van der Waals surface area contributed by atoms with E-state index in [1.807, 2.05) is 6.92 Å². The van der Waals surface area contributed by atoms with Gasteiger partial charge in [-0.2, -0.15) is 0 Å². The molecular weight excluding hydrogens is 188 g/mol. The van der Waals surface area contributed by atoms with Gasteiger partial charge in [0.1, 0.15) is 11.5 Å². The average Bonchev–Trinajstić information content (AvgIpc) is 2.17. The van der Waals surface area contributed by atoms with E-state index in [4.69, 9.17) is 0 Å². The predicted molar refractivity (Wildman–Crippen MR) is 60.3 cm³/mol. The largest absolute Gasteiger partial charge is 0.508 e. The molecule has 15 heavy (non-hydrogen) atoms. The fourth-order valence-electron chi connectivity index (χ4n) is 2.68. The fraction of sp³-hybridized carbons (Fsp3) is 0.538. The summed E-state index contributed by atoms with van der Waals surface area (Å²) >= 11 is 0. The molecule has 1 fully saturated rings. The number of aryl methyl sites for hydroxylation is 1. The van der Waals surface area contributed by atoms with Crippen LogP contribution in [0.25, 0.3) is 0 Å². The summed E-state index contributed by atoms with van der Waals surface area (Å²) in [5.74, 6) is 0.906. The minimum atomic E-state index is 0.157. The van der Waals surface area contributed by atoms with Crippen LogP contribution in [0.3, 0.4) is 0 Å². The van der Waals surface area contributed by atoms with E-state index in [2.05, 4.69) is 0 Å². The Hall–Kier alpha value is -1.18. The Balaban J connectivity index is 2.33. The van der Waals surface area contributed by atoms with E-state index >= 15 is 0 Å². The summed E-state index contributed by atoms with van der Waals surface area (Å²) in [7, 11) is 0. The third-order valence-corrected chi connectivity index (χ3v) is 3.36. The minimum Gasteiger partial charge on any atom is -0.508 e. The highest BCUT2D eigenvalue weighted by Crippen LogP contribution is 2.40. The molecule has 1 aromatic carbocycles. The van der Waals surface area contributed by atoms with Gasteiger partial charge in [0, 0.05) is 11.6 Å². The molecule has 2 rings (SSSR count). The molecule has 0 aromatic heterocycles. The van der Waals surface area contributed by atoms with Crippen molar-refractivity contribution in [2.75, 3.05) is 0 Å². The van der Waals surface area contributed by atoms with E-state index < -0.39 is 0 Å². The van der Waals surface area contributed by atoms with Crippen LogP contribution in [0.4, 0.5) is 0 Å². The maximum Gasteiger partial charge on any atom is 0.122 e. The summed E-state index contributed by atoms with van der Waals surface area (Å²) in [5.41, 5.74) is 2.06. The zero-order valence-corrected chi connectivity index (χ0v) is 9.16. The van der Waals surface area contributed by atoms with Crippen LogP contribution in [0.2, 0.25) is 0 Å². The Morgan fingerprint density at radius 3 is 2.33 bits per heavy atom. The first-order valence-electron chi connectivity index (χ1n) is 5.71. The Bertz CT molecular complexity index is 329. The lowest BCUT2D eigenvalue weighted by Gasteiger charge is -2.24. The molecule has 1 saturated carbocycles. The van der Waals surface area contributed by atoms with Crippen molar-refractivity contribution in [3.63, 3.8) is 0 Å². The molecule has 0 heterocycles. The molecule has 0 spiro atoms. The normalized spacial score (nSPS) is 17.9. The Labute approximate surface area is 90.6 Å². The van der Waals surface area contributed by atoms with Crippen LogP contribution in [-0.4, -0.2) is 10.2 Å². The third kappa shape index (κ3) is 2.09. The van der Waals surface area contributed by atoms with Crippen LogP contribution >= 0.6 is 0 Å². The maximum absolute atomic E-state index is 9.86. The molecule has 0 atom stereocenters. The second-order valence-electron chi connectivity index (χ2n) is 4.53. The molecule has 0 bridgehead atoms. The Kier molecular flexibility index (Phi) is 2.85. The molecule has 82 valence electrons. The van der Waals surface area contributed by atoms with Gasteiger partial charge < -0.3 is 10.2 Å². The van der Waals surface area contributed by atoms with Crippen LogP contribution in [-0.2, 0) is 0 Å². The van der Waals surface area contributed by atoms with Crippen molar-refractivity contribution in [2.24, 2.45) is 0 Å². The van der Waals surface area contributed by atoms with Gasteiger partial charge in [-0.05, 0) is 37.3 Å². The Morgan fingerprint density at radius 1 is 1.07 bits per heavy atom. The van der Waals surface area contributed by atoms with Gasteiger partial charge in [0.15, 0.2) is 0 Å². The van der Waals surface area contributed by atoms with Crippen LogP contribution in [0, 0.1) is 6.92 Å². The molecule has 1 aliphatic rings. The SMILES string of the molecule is Cc1cc(O)cc(O)c1C1CCCCC1. The zero-order valence-electron chi connectivity index (χ0n) is 9.16. The summed E-state index contributed by atoms with van der Waals surface area (Å²) < 4.78 is 0. The summed E-state index contributed by atoms with van der Waals surface area (Å²) in [6.07, 6.45) is 6.15. The van der Waals surface area contributed by atoms with Gasteiger partial charge in [-0.1, -0.05) is 19.3 Å². The highest BCUT2D eigenvalue weighted by molar-refractivity contribution is 5.46. The van der Waals surface area contributed by atoms with Crippen molar-refractivity contribution in [3.05, 3.63) is 23.3 Å². The number of benzene rings is 1. The number of phenols is 2. The average molecular weight is 206 g/mol. The second kappa shape index (κ2) is 4.13. The first-order valence-corrected chi connectivity index (χ1v) is 5.71. The monoisotopic (exact) mass is 206 g/mol. The van der Waals surface area contributed by atoms with Gasteiger partial charge in [-0.3, -0.25) is 0 Å². The van der Waals surface area contributed by atoms with Crippen LogP contribution < -0.4 is 0 Å². The van der Waals surface area contributed by atoms with E-state index in [1.165, 1.54) is 38.2 Å². The molecule has 0 aliphatic heterocycles. The molecule has 0 radical (unpaired) electrons. The van der Waals surface area contributed by atoms with Gasteiger partial charge in [0.25, 0.3) is 0 Å². The first kappa shape index (κ1) is 10.3. The standard InChI is InChI=1S/C13H18O2/c1-9-7-11(14)8-12(15)13(9)10-5-3-2-4-6-10/h7-8,10,14-15H,2-6H2,1H3. The molecule has 1 aromatic rings. The van der Waals surface area contributed by atoms with Crippen molar-refractivity contribution in [1.82, 2.24) is 0 Å². The fourth-order valence-corrected chi connectivity index (χ4v) is 2.68. The zero-order chi connectivity index (χ0) is 10.8. The molecule has 2 nitrogen and oxygen atoms in total. The van der Waals surface area contributed by atoms with Crippen LogP contribution in [0.5, 0.6) is 11.5 Å². The molecule has 2 N–H and O–H groups in total. The van der Waals surface area contributed by atoms with E-state index in [0.717, 1.165) is 11.1 Å². The third-order valence-electron chi connectivity index (χ3n) is 3.36. The summed E-state index contributed by atoms with van der Waals surface area (Å²) in [4.78, 5) is 0. The van der Waals surface area contributed by atoms with Crippen molar-refractivity contribution in [1.29, 1.82) is 0 Å². The molecular formula is C13H18O2. The number of rotatable bonds is 1. The first-order chi connectivity index (χ1) is 7.18. The van der Waals surface area contributed by atoms with Gasteiger partial charge in [-0.15, -0.1) is 0 Å². The highest BCUT2D eigenvalue weighted by atomic mass is 16.3. The Morgan fingerprint density at radius 2 is 1.73 bits per heavy atom. The van der Waals surface area contributed by atoms with E-state index in [1.54, 1.807) is 6.07 Å². The van der Waals surface area contributed by atoms with Gasteiger partial charge >= 0.3 is 0 Å². The number of hydrogen-bond acceptors (Lipinski definition) is 2. The highest BCUT2D eigenvalue weighted by Gasteiger charge is 2.20. The summed E-state index contributed by atoms with van der Waals surface area (Å²) in [5, 5.41) is 19.2. The molecule has 0 unspecified atom stereocenters.